The number of benzene rings is 4. The minimum atomic E-state index is -4.01. The van der Waals surface area contributed by atoms with Gasteiger partial charge in [-0.25, -0.2) is 18.1 Å². The summed E-state index contributed by atoms with van der Waals surface area (Å²) in [5.74, 6) is 0. The van der Waals surface area contributed by atoms with Crippen molar-refractivity contribution in [3.8, 4) is 0 Å². The van der Waals surface area contributed by atoms with Crippen molar-refractivity contribution in [2.24, 2.45) is 0 Å². The maximum Gasteiger partial charge on any atom is 0.336 e. The summed E-state index contributed by atoms with van der Waals surface area (Å²) in [4.78, 5) is 15.8. The Bertz CT molecular complexity index is 1930. The van der Waals surface area contributed by atoms with E-state index in [1.807, 2.05) is 95.7 Å². The van der Waals surface area contributed by atoms with Crippen molar-refractivity contribution < 1.29 is 9.00 Å². The zero-order chi connectivity index (χ0) is 32.0. The lowest BCUT2D eigenvalue weighted by atomic mass is 9.77. The molecule has 0 saturated heterocycles. The molecule has 0 bridgehead atoms. The quantitative estimate of drug-likeness (QED) is 0.176. The van der Waals surface area contributed by atoms with Gasteiger partial charge >= 0.3 is 6.03 Å². The summed E-state index contributed by atoms with van der Waals surface area (Å²) < 4.78 is 29.0. The molecule has 2 heterocycles. The van der Waals surface area contributed by atoms with Gasteiger partial charge in [-0.05, 0) is 96.7 Å². The third kappa shape index (κ3) is 4.80. The van der Waals surface area contributed by atoms with Crippen LogP contribution in [-0.4, -0.2) is 24.3 Å². The lowest BCUT2D eigenvalue weighted by molar-refractivity contribution is 0.217. The Morgan fingerprint density at radius 2 is 1.28 bits per heavy atom. The molecule has 8 heteroatoms. The Morgan fingerprint density at radius 3 is 1.81 bits per heavy atom. The van der Waals surface area contributed by atoms with Crippen molar-refractivity contribution >= 4 is 21.6 Å². The van der Waals surface area contributed by atoms with Crippen LogP contribution in [0.2, 0.25) is 0 Å². The number of carbonyl (C=O) groups is 1. The number of hydrogen-bond acceptors (Lipinski definition) is 4. The SMILES string of the molecule is N=S(=O)(c1cnn2c1CCCC2)N(C(=O)Nc1c2c(cc3c1CCC3)CCC2)C(c1ccccc1)(c1ccccc1)c1ccccc1. The van der Waals surface area contributed by atoms with E-state index in [1.165, 1.54) is 26.6 Å². The third-order valence-electron chi connectivity index (χ3n) is 10.3. The number of aryl methyl sites for hydroxylation is 3. The first kappa shape index (κ1) is 29.7. The standard InChI is InChI=1S/C39H39N5O2S/c40-47(46,36-27-41-43-25-11-10-24-35(36)43)44(38(45)42-37-33-22-12-14-28(33)26-29-15-13-23-34(29)37)39(30-16-4-1-5-17-30,31-18-6-2-7-19-31)32-20-8-3-9-21-32/h1-9,16-21,26-27,40H,10-15,22-25H2,(H,42,45). The molecular weight excluding hydrogens is 603 g/mol. The molecule has 2 N–H and O–H groups in total. The van der Waals surface area contributed by atoms with Gasteiger partial charge in [-0.2, -0.15) is 5.10 Å². The molecule has 7 nitrogen and oxygen atoms in total. The number of urea groups is 1. The van der Waals surface area contributed by atoms with E-state index >= 15 is 9.00 Å². The van der Waals surface area contributed by atoms with E-state index in [2.05, 4.69) is 16.5 Å². The van der Waals surface area contributed by atoms with Crippen LogP contribution in [-0.2, 0) is 54.1 Å². The van der Waals surface area contributed by atoms with Crippen molar-refractivity contribution in [1.29, 1.82) is 4.78 Å². The first-order chi connectivity index (χ1) is 23.0. The molecule has 1 atom stereocenters. The van der Waals surface area contributed by atoms with Gasteiger partial charge < -0.3 is 5.32 Å². The minimum absolute atomic E-state index is 0.308. The fourth-order valence-electron chi connectivity index (χ4n) is 8.20. The number of carbonyl (C=O) groups excluding carboxylic acids is 1. The minimum Gasteiger partial charge on any atom is -0.306 e. The van der Waals surface area contributed by atoms with Gasteiger partial charge in [-0.1, -0.05) is 97.1 Å². The maximum atomic E-state index is 15.8. The van der Waals surface area contributed by atoms with E-state index in [4.69, 9.17) is 0 Å². The monoisotopic (exact) mass is 641 g/mol. The summed E-state index contributed by atoms with van der Waals surface area (Å²) in [6.45, 7) is 0.709. The highest BCUT2D eigenvalue weighted by molar-refractivity contribution is 7.90. The van der Waals surface area contributed by atoms with Gasteiger partial charge in [0.1, 0.15) is 10.4 Å². The second-order valence-corrected chi connectivity index (χ2v) is 14.8. The highest BCUT2D eigenvalue weighted by Crippen LogP contribution is 2.47. The Labute approximate surface area is 276 Å². The Morgan fingerprint density at radius 1 is 0.745 bits per heavy atom. The number of nitrogens with one attached hydrogen (secondary N) is 2. The van der Waals surface area contributed by atoms with Crippen LogP contribution >= 0.6 is 0 Å². The molecular formula is C39H39N5O2S. The number of aromatic nitrogens is 2. The van der Waals surface area contributed by atoms with Gasteiger partial charge in [0, 0.05) is 12.2 Å². The molecule has 47 heavy (non-hydrogen) atoms. The topological polar surface area (TPSA) is 91.1 Å². The molecule has 1 aliphatic heterocycles. The smallest absolute Gasteiger partial charge is 0.306 e. The van der Waals surface area contributed by atoms with Crippen LogP contribution in [0.25, 0.3) is 0 Å². The third-order valence-corrected chi connectivity index (χ3v) is 12.2. The molecule has 238 valence electrons. The predicted molar refractivity (Wildman–Crippen MR) is 185 cm³/mol. The van der Waals surface area contributed by atoms with Gasteiger partial charge in [-0.15, -0.1) is 0 Å². The molecule has 2 amide bonds. The Balaban J connectivity index is 1.42. The van der Waals surface area contributed by atoms with Crippen molar-refractivity contribution in [1.82, 2.24) is 14.1 Å². The molecule has 2 aliphatic carbocycles. The summed E-state index contributed by atoms with van der Waals surface area (Å²) in [6.07, 6.45) is 10.0. The second kappa shape index (κ2) is 11.8. The normalized spacial score (nSPS) is 16.5. The van der Waals surface area contributed by atoms with Crippen LogP contribution in [0.1, 0.15) is 70.3 Å². The van der Waals surface area contributed by atoms with Crippen LogP contribution in [0.15, 0.2) is 108 Å². The lowest BCUT2D eigenvalue weighted by Gasteiger charge is -2.45. The Kier molecular flexibility index (Phi) is 7.48. The molecule has 5 aromatic rings. The highest BCUT2D eigenvalue weighted by atomic mass is 32.2. The average molecular weight is 642 g/mol. The van der Waals surface area contributed by atoms with Crippen molar-refractivity contribution in [3.05, 3.63) is 148 Å². The number of hydrogen-bond donors (Lipinski definition) is 2. The van der Waals surface area contributed by atoms with Crippen molar-refractivity contribution in [3.63, 3.8) is 0 Å². The summed E-state index contributed by atoms with van der Waals surface area (Å²) in [7, 11) is -4.01. The van der Waals surface area contributed by atoms with Crippen molar-refractivity contribution in [2.45, 2.75) is 74.8 Å². The predicted octanol–water partition coefficient (Wildman–Crippen LogP) is 8.04. The van der Waals surface area contributed by atoms with Gasteiger partial charge in [0.05, 0.1) is 11.9 Å². The largest absolute Gasteiger partial charge is 0.336 e. The van der Waals surface area contributed by atoms with Crippen LogP contribution in [0.5, 0.6) is 0 Å². The number of amides is 2. The molecule has 0 spiro atoms. The number of fused-ring (bicyclic) bond motifs is 3. The molecule has 4 aromatic carbocycles. The molecule has 3 aliphatic rings. The van der Waals surface area contributed by atoms with E-state index in [0.29, 0.717) is 17.9 Å². The second-order valence-electron chi connectivity index (χ2n) is 12.9. The number of anilines is 1. The zero-order valence-corrected chi connectivity index (χ0v) is 27.3. The van der Waals surface area contributed by atoms with E-state index < -0.39 is 21.5 Å². The first-order valence-electron chi connectivity index (χ1n) is 16.8. The van der Waals surface area contributed by atoms with Gasteiger partial charge in [0.25, 0.3) is 0 Å². The number of rotatable bonds is 7. The zero-order valence-electron chi connectivity index (χ0n) is 26.5. The molecule has 0 fully saturated rings. The van der Waals surface area contributed by atoms with Gasteiger partial charge in [-0.3, -0.25) is 4.68 Å². The first-order valence-corrected chi connectivity index (χ1v) is 18.3. The van der Waals surface area contributed by atoms with E-state index in [1.54, 1.807) is 6.20 Å². The van der Waals surface area contributed by atoms with E-state index in [0.717, 1.165) is 79.4 Å². The number of nitrogens with zero attached hydrogens (tertiary/aromatic N) is 3. The van der Waals surface area contributed by atoms with E-state index in [9.17, 15) is 4.78 Å². The summed E-state index contributed by atoms with van der Waals surface area (Å²) >= 11 is 0. The Hall–Kier alpha value is -4.69. The lowest BCUT2D eigenvalue weighted by Crippen LogP contribution is -2.55. The molecule has 1 unspecified atom stereocenters. The fourth-order valence-corrected chi connectivity index (χ4v) is 10.1. The summed E-state index contributed by atoms with van der Waals surface area (Å²) in [6, 6.07) is 31.1. The van der Waals surface area contributed by atoms with Crippen LogP contribution in [0, 0.1) is 4.78 Å². The summed E-state index contributed by atoms with van der Waals surface area (Å²) in [5, 5.41) is 7.97. The van der Waals surface area contributed by atoms with Crippen molar-refractivity contribution in [2.75, 3.05) is 5.32 Å². The molecule has 8 rings (SSSR count). The maximum absolute atomic E-state index is 15.8. The van der Waals surface area contributed by atoms with Crippen LogP contribution < -0.4 is 5.32 Å². The van der Waals surface area contributed by atoms with Crippen LogP contribution in [0.3, 0.4) is 0 Å². The molecule has 1 aromatic heterocycles. The molecule has 0 radical (unpaired) electrons. The van der Waals surface area contributed by atoms with E-state index in [-0.39, 0.29) is 0 Å². The average Bonchev–Trinajstić information content (AvgIpc) is 3.88. The highest BCUT2D eigenvalue weighted by Gasteiger charge is 2.51. The van der Waals surface area contributed by atoms with Gasteiger partial charge in [0.15, 0.2) is 9.92 Å². The van der Waals surface area contributed by atoms with Gasteiger partial charge in [0.2, 0.25) is 0 Å². The fraction of sp³-hybridized carbons (Fsp3) is 0.282. The molecule has 0 saturated carbocycles. The van der Waals surface area contributed by atoms with Crippen LogP contribution in [0.4, 0.5) is 10.5 Å². The summed E-state index contributed by atoms with van der Waals surface area (Å²) in [5.41, 5.74) is 7.42.